The number of hydrogen-bond acceptors (Lipinski definition) is 4. The van der Waals surface area contributed by atoms with Crippen LogP contribution < -0.4 is 4.74 Å². The molecule has 128 valence electrons. The van der Waals surface area contributed by atoms with Crippen LogP contribution in [0.25, 0.3) is 0 Å². The highest BCUT2D eigenvalue weighted by Gasteiger charge is 2.41. The van der Waals surface area contributed by atoms with Gasteiger partial charge in [-0.25, -0.2) is 0 Å². The fourth-order valence-corrected chi connectivity index (χ4v) is 3.56. The molecule has 1 aromatic carbocycles. The molecule has 3 rings (SSSR count). The zero-order chi connectivity index (χ0) is 18.1. The van der Waals surface area contributed by atoms with E-state index in [0.29, 0.717) is 12.1 Å². The van der Waals surface area contributed by atoms with E-state index in [1.165, 1.54) is 0 Å². The summed E-state index contributed by atoms with van der Waals surface area (Å²) in [4.78, 5) is 18.8. The second-order valence-corrected chi connectivity index (χ2v) is 6.58. The number of ether oxygens (including phenoxy) is 1. The van der Waals surface area contributed by atoms with E-state index in [9.17, 15) is 10.1 Å². The van der Waals surface area contributed by atoms with Crippen LogP contribution in [0.15, 0.2) is 30.6 Å². The number of pyridine rings is 1. The number of aryl methyl sites for hydroxylation is 1. The summed E-state index contributed by atoms with van der Waals surface area (Å²) in [7, 11) is 1.62. The van der Waals surface area contributed by atoms with Crippen molar-refractivity contribution in [2.24, 2.45) is 0 Å². The van der Waals surface area contributed by atoms with E-state index >= 15 is 0 Å². The fourth-order valence-electron chi connectivity index (χ4n) is 3.56. The lowest BCUT2D eigenvalue weighted by Gasteiger charge is -2.22. The molecule has 5 heteroatoms. The van der Waals surface area contributed by atoms with Crippen LogP contribution >= 0.6 is 0 Å². The van der Waals surface area contributed by atoms with E-state index in [0.717, 1.165) is 28.0 Å². The Morgan fingerprint density at radius 3 is 2.76 bits per heavy atom. The molecule has 0 saturated carbocycles. The average molecular weight is 335 g/mol. The summed E-state index contributed by atoms with van der Waals surface area (Å²) in [6, 6.07) is 7.35. The van der Waals surface area contributed by atoms with Crippen LogP contribution in [0.1, 0.15) is 58.4 Å². The minimum absolute atomic E-state index is 0.104. The van der Waals surface area contributed by atoms with Crippen LogP contribution in [0.5, 0.6) is 5.75 Å². The summed E-state index contributed by atoms with van der Waals surface area (Å²) < 4.78 is 5.55. The molecule has 0 fully saturated rings. The van der Waals surface area contributed by atoms with E-state index in [1.807, 2.05) is 25.1 Å². The van der Waals surface area contributed by atoms with Gasteiger partial charge < -0.3 is 9.64 Å². The smallest absolute Gasteiger partial charge is 0.256 e. The number of aromatic nitrogens is 1. The number of carbonyl (C=O) groups is 1. The Hall–Kier alpha value is -2.87. The van der Waals surface area contributed by atoms with Crippen molar-refractivity contribution in [1.82, 2.24) is 9.88 Å². The quantitative estimate of drug-likeness (QED) is 0.853. The maximum atomic E-state index is 13.1. The normalized spacial score (nSPS) is 16.1. The first-order chi connectivity index (χ1) is 12.0. The summed E-state index contributed by atoms with van der Waals surface area (Å²) in [6.45, 7) is 6.36. The van der Waals surface area contributed by atoms with Gasteiger partial charge in [0.25, 0.3) is 5.91 Å². The molecule has 0 radical (unpaired) electrons. The number of hydrogen-bond donors (Lipinski definition) is 0. The highest BCUT2D eigenvalue weighted by Crippen LogP contribution is 2.44. The average Bonchev–Trinajstić information content (AvgIpc) is 2.87. The lowest BCUT2D eigenvalue weighted by molar-refractivity contribution is 0.0743. The Bertz CT molecular complexity index is 853. The van der Waals surface area contributed by atoms with Crippen molar-refractivity contribution in [2.75, 3.05) is 7.11 Å². The number of rotatable bonds is 4. The van der Waals surface area contributed by atoms with Crippen molar-refractivity contribution in [1.29, 1.82) is 5.26 Å². The maximum Gasteiger partial charge on any atom is 0.256 e. The van der Waals surface area contributed by atoms with Gasteiger partial charge in [0, 0.05) is 35.6 Å². The number of carbonyl (C=O) groups excluding carboxylic acids is 1. The van der Waals surface area contributed by atoms with Gasteiger partial charge in [-0.15, -0.1) is 0 Å². The molecular formula is C20H21N3O2. The lowest BCUT2D eigenvalue weighted by atomic mass is 9.88. The van der Waals surface area contributed by atoms with Crippen molar-refractivity contribution in [2.45, 2.75) is 39.3 Å². The Morgan fingerprint density at radius 1 is 1.44 bits per heavy atom. The van der Waals surface area contributed by atoms with Gasteiger partial charge in [0.05, 0.1) is 13.2 Å². The van der Waals surface area contributed by atoms with Gasteiger partial charge in [-0.3, -0.25) is 9.78 Å². The molecule has 2 aromatic rings. The summed E-state index contributed by atoms with van der Waals surface area (Å²) in [5, 5.41) is 9.84. The van der Waals surface area contributed by atoms with Crippen LogP contribution in [0.2, 0.25) is 0 Å². The van der Waals surface area contributed by atoms with Gasteiger partial charge in [-0.1, -0.05) is 19.9 Å². The molecule has 1 unspecified atom stereocenters. The first kappa shape index (κ1) is 17.0. The van der Waals surface area contributed by atoms with Crippen LogP contribution in [0.4, 0.5) is 0 Å². The van der Waals surface area contributed by atoms with E-state index in [-0.39, 0.29) is 11.8 Å². The van der Waals surface area contributed by atoms with Crippen molar-refractivity contribution in [3.05, 3.63) is 58.4 Å². The van der Waals surface area contributed by atoms with Crippen molar-refractivity contribution in [3.63, 3.8) is 0 Å². The third kappa shape index (κ3) is 2.74. The third-order valence-corrected chi connectivity index (χ3v) is 4.62. The van der Waals surface area contributed by atoms with Crippen molar-refractivity contribution in [3.8, 4) is 11.8 Å². The molecule has 0 aliphatic carbocycles. The van der Waals surface area contributed by atoms with E-state index in [2.05, 4.69) is 24.9 Å². The third-order valence-electron chi connectivity index (χ3n) is 4.62. The molecule has 1 aliphatic heterocycles. The zero-order valence-electron chi connectivity index (χ0n) is 14.9. The predicted octanol–water partition coefficient (Wildman–Crippen LogP) is 3.74. The highest BCUT2D eigenvalue weighted by molar-refractivity contribution is 6.02. The summed E-state index contributed by atoms with van der Waals surface area (Å²) in [6.07, 6.45) is 3.42. The molecule has 0 N–H and O–H groups in total. The Kier molecular flexibility index (Phi) is 4.45. The molecule has 1 amide bonds. The van der Waals surface area contributed by atoms with Gasteiger partial charge in [0.1, 0.15) is 11.8 Å². The largest absolute Gasteiger partial charge is 0.496 e. The van der Waals surface area contributed by atoms with Gasteiger partial charge in [0.2, 0.25) is 0 Å². The predicted molar refractivity (Wildman–Crippen MR) is 94.3 cm³/mol. The molecule has 1 aromatic heterocycles. The van der Waals surface area contributed by atoms with Crippen LogP contribution in [0, 0.1) is 18.3 Å². The van der Waals surface area contributed by atoms with Gasteiger partial charge >= 0.3 is 0 Å². The van der Waals surface area contributed by atoms with Gasteiger partial charge in [-0.05, 0) is 36.1 Å². The number of benzene rings is 1. The SMILES string of the molecule is COc1cc(C)c2c(c1C(C)C)C(C#N)N(Cc1cccnc1)C2=O. The topological polar surface area (TPSA) is 66.2 Å². The van der Waals surface area contributed by atoms with Gasteiger partial charge in [-0.2, -0.15) is 5.26 Å². The first-order valence-corrected chi connectivity index (χ1v) is 8.30. The monoisotopic (exact) mass is 335 g/mol. The maximum absolute atomic E-state index is 13.1. The molecule has 5 nitrogen and oxygen atoms in total. The van der Waals surface area contributed by atoms with Crippen molar-refractivity contribution < 1.29 is 9.53 Å². The number of methoxy groups -OCH3 is 1. The number of amides is 1. The minimum Gasteiger partial charge on any atom is -0.496 e. The Balaban J connectivity index is 2.16. The number of nitriles is 1. The zero-order valence-corrected chi connectivity index (χ0v) is 14.9. The van der Waals surface area contributed by atoms with Gasteiger partial charge in [0.15, 0.2) is 0 Å². The van der Waals surface area contributed by atoms with E-state index in [4.69, 9.17) is 4.74 Å². The lowest BCUT2D eigenvalue weighted by Crippen LogP contribution is -2.27. The molecule has 0 saturated heterocycles. The summed E-state index contributed by atoms with van der Waals surface area (Å²) in [5.74, 6) is 0.779. The number of nitrogens with zero attached hydrogens (tertiary/aromatic N) is 3. The van der Waals surface area contributed by atoms with Crippen LogP contribution in [-0.4, -0.2) is 22.9 Å². The summed E-state index contributed by atoms with van der Waals surface area (Å²) >= 11 is 0. The van der Waals surface area contributed by atoms with E-state index in [1.54, 1.807) is 24.4 Å². The van der Waals surface area contributed by atoms with Crippen LogP contribution in [0.3, 0.4) is 0 Å². The molecule has 0 spiro atoms. The molecule has 2 heterocycles. The van der Waals surface area contributed by atoms with E-state index < -0.39 is 6.04 Å². The van der Waals surface area contributed by atoms with Crippen LogP contribution in [-0.2, 0) is 6.54 Å². The second kappa shape index (κ2) is 6.56. The molecule has 1 atom stereocenters. The minimum atomic E-state index is -0.617. The van der Waals surface area contributed by atoms with Crippen molar-refractivity contribution >= 4 is 5.91 Å². The molecule has 25 heavy (non-hydrogen) atoms. The number of fused-ring (bicyclic) bond motifs is 1. The molecular weight excluding hydrogens is 314 g/mol. The standard InChI is InChI=1S/C20H21N3O2/c1-12(2)17-16(25-4)8-13(3)18-19(17)15(9-21)23(20(18)24)11-14-6-5-7-22-10-14/h5-8,10,12,15H,11H2,1-4H3. The first-order valence-electron chi connectivity index (χ1n) is 8.30. The molecule has 0 bridgehead atoms. The Labute approximate surface area is 147 Å². The molecule has 1 aliphatic rings. The highest BCUT2D eigenvalue weighted by atomic mass is 16.5. The summed E-state index contributed by atoms with van der Waals surface area (Å²) in [5.41, 5.74) is 4.12. The fraction of sp³-hybridized carbons (Fsp3) is 0.350. The Morgan fingerprint density at radius 2 is 2.20 bits per heavy atom. The second-order valence-electron chi connectivity index (χ2n) is 6.58.